The van der Waals surface area contributed by atoms with E-state index in [2.05, 4.69) is 0 Å². The zero-order valence-electron chi connectivity index (χ0n) is 37.4. The number of hydrogen-bond donors (Lipinski definition) is 1. The molecule has 2 bridgehead atoms. The molecule has 1 heterocycles. The summed E-state index contributed by atoms with van der Waals surface area (Å²) in [5.41, 5.74) is -6.88. The standard InChI is InChI=1S/C48H60O14Si/c1-9-63(10-2,11-3)62-35-25-36-47(27-56-36,61-29(5)49)39-41(60-42(52)30-19-14-12-15-20-30)48(55)26-34(58-43(53)32-23-18-24-33(32)50)28(4)37(45(48,6)7)38(40(51)46(35,39)8)59-44(54)57-31-21-16-13-17-22-31/h12-17,19-22,32,34-36,38-39,41,55H,9-11,18,23-27H2,1-8H3/t32?,34-,35-,36+,38+,39-,41-,46+,47-,48+/m0/s1. The van der Waals surface area contributed by atoms with Crippen LogP contribution in [0, 0.1) is 22.7 Å². The summed E-state index contributed by atoms with van der Waals surface area (Å²) in [6.07, 6.45) is -7.19. The number of carbonyl (C=O) groups is 6. The van der Waals surface area contributed by atoms with Crippen molar-refractivity contribution in [3.8, 4) is 5.75 Å². The molecule has 340 valence electrons. The van der Waals surface area contributed by atoms with Crippen molar-refractivity contribution in [2.45, 2.75) is 147 Å². The van der Waals surface area contributed by atoms with E-state index in [9.17, 15) is 29.1 Å². The highest BCUT2D eigenvalue weighted by Crippen LogP contribution is 2.65. The average Bonchev–Trinajstić information content (AvgIpc) is 3.69. The van der Waals surface area contributed by atoms with Crippen LogP contribution in [0.4, 0.5) is 4.79 Å². The number of esters is 3. The molecule has 4 fully saturated rings. The maximum absolute atomic E-state index is 16.4. The fourth-order valence-electron chi connectivity index (χ4n) is 11.3. The number of aliphatic hydroxyl groups is 1. The summed E-state index contributed by atoms with van der Waals surface area (Å²) in [6, 6.07) is 18.4. The van der Waals surface area contributed by atoms with Crippen LogP contribution in [0.25, 0.3) is 0 Å². The normalized spacial score (nSPS) is 33.4. The molecule has 0 amide bonds. The summed E-state index contributed by atoms with van der Waals surface area (Å²) in [6.45, 7) is 13.7. The van der Waals surface area contributed by atoms with E-state index in [0.29, 0.717) is 30.1 Å². The molecule has 63 heavy (non-hydrogen) atoms. The van der Waals surface area contributed by atoms with E-state index >= 15 is 4.79 Å². The van der Waals surface area contributed by atoms with Gasteiger partial charge in [-0.05, 0) is 80.2 Å². The van der Waals surface area contributed by atoms with Crippen molar-refractivity contribution in [3.63, 3.8) is 0 Å². The molecule has 14 nitrogen and oxygen atoms in total. The summed E-state index contributed by atoms with van der Waals surface area (Å²) < 4.78 is 44.6. The second-order valence-electron chi connectivity index (χ2n) is 18.6. The highest BCUT2D eigenvalue weighted by atomic mass is 28.4. The first kappa shape index (κ1) is 46.3. The molecule has 15 heteroatoms. The lowest BCUT2D eigenvalue weighted by atomic mass is 9.44. The topological polar surface area (TPSA) is 187 Å². The third kappa shape index (κ3) is 7.76. The number of carbonyl (C=O) groups excluding carboxylic acids is 6. The molecule has 1 unspecified atom stereocenters. The first-order chi connectivity index (χ1) is 29.8. The summed E-state index contributed by atoms with van der Waals surface area (Å²) >= 11 is 0. The minimum atomic E-state index is -2.63. The van der Waals surface area contributed by atoms with Crippen LogP contribution in [-0.2, 0) is 47.3 Å². The van der Waals surface area contributed by atoms with Gasteiger partial charge in [0.15, 0.2) is 25.8 Å². The van der Waals surface area contributed by atoms with Gasteiger partial charge in [0.25, 0.3) is 0 Å². The molecular weight excluding hydrogens is 829 g/mol. The maximum Gasteiger partial charge on any atom is 0.514 e. The number of Topliss-reactive ketones (excluding diaryl/α,β-unsaturated/α-hetero) is 2. The lowest BCUT2D eigenvalue weighted by Gasteiger charge is -2.68. The first-order valence-corrected chi connectivity index (χ1v) is 24.7. The monoisotopic (exact) mass is 888 g/mol. The van der Waals surface area contributed by atoms with Gasteiger partial charge in [-0.3, -0.25) is 19.2 Å². The molecule has 1 N–H and O–H groups in total. The van der Waals surface area contributed by atoms with Crippen molar-refractivity contribution < 1.29 is 66.7 Å². The summed E-state index contributed by atoms with van der Waals surface area (Å²) in [7, 11) is -2.63. The van der Waals surface area contributed by atoms with Gasteiger partial charge < -0.3 is 38.0 Å². The van der Waals surface area contributed by atoms with Crippen LogP contribution < -0.4 is 4.74 Å². The number of benzene rings is 2. The first-order valence-electron chi connectivity index (χ1n) is 22.2. The largest absolute Gasteiger partial charge is 0.514 e. The highest BCUT2D eigenvalue weighted by Gasteiger charge is 2.79. The van der Waals surface area contributed by atoms with Gasteiger partial charge >= 0.3 is 24.1 Å². The van der Waals surface area contributed by atoms with Crippen molar-refractivity contribution in [3.05, 3.63) is 77.4 Å². The van der Waals surface area contributed by atoms with E-state index in [4.69, 9.17) is 32.8 Å². The second-order valence-corrected chi connectivity index (χ2v) is 23.3. The minimum absolute atomic E-state index is 0.0802. The Labute approximate surface area is 369 Å². The van der Waals surface area contributed by atoms with Gasteiger partial charge in [0, 0.05) is 31.6 Å². The molecule has 5 aliphatic rings. The van der Waals surface area contributed by atoms with Gasteiger partial charge in [0.05, 0.1) is 29.6 Å². The smallest absolute Gasteiger partial charge is 0.457 e. The number of ether oxygens (including phenoxy) is 6. The molecule has 2 aromatic rings. The zero-order chi connectivity index (χ0) is 45.7. The Kier molecular flexibility index (Phi) is 12.8. The molecular formula is C48H60O14Si. The molecule has 0 spiro atoms. The number of fused-ring (bicyclic) bond motifs is 5. The van der Waals surface area contributed by atoms with Crippen molar-refractivity contribution in [1.82, 2.24) is 0 Å². The van der Waals surface area contributed by atoms with Crippen molar-refractivity contribution in [2.75, 3.05) is 6.61 Å². The Morgan fingerprint density at radius 1 is 0.889 bits per heavy atom. The molecule has 0 radical (unpaired) electrons. The van der Waals surface area contributed by atoms with Crippen LogP contribution in [0.2, 0.25) is 18.1 Å². The quantitative estimate of drug-likeness (QED) is 0.0560. The molecule has 10 atom stereocenters. The SMILES string of the molecule is CC[Si](CC)(CC)O[C@H]1C[C@H]2OC[C@@]2(OC(C)=O)[C@H]2[C@H](OC(=O)c3ccccc3)[C@]3(O)C[C@H](OC(=O)C4CCCC4=O)C(C)=C([C@@H](OC(=O)Oc4ccccc4)C(=O)[C@]12C)C3(C)C. The third-order valence-electron chi connectivity index (χ3n) is 15.2. The predicted molar refractivity (Wildman–Crippen MR) is 229 cm³/mol. The lowest BCUT2D eigenvalue weighted by molar-refractivity contribution is -0.344. The molecule has 7 rings (SSSR count). The van der Waals surface area contributed by atoms with Crippen molar-refractivity contribution in [2.24, 2.45) is 22.7 Å². The molecule has 4 aliphatic carbocycles. The number of ketones is 2. The van der Waals surface area contributed by atoms with Gasteiger partial charge in [-0.1, -0.05) is 71.0 Å². The fourth-order valence-corrected chi connectivity index (χ4v) is 14.2. The van der Waals surface area contributed by atoms with Crippen LogP contribution in [-0.4, -0.2) is 97.4 Å². The van der Waals surface area contributed by atoms with Gasteiger partial charge in [-0.2, -0.15) is 0 Å². The zero-order valence-corrected chi connectivity index (χ0v) is 38.4. The second kappa shape index (κ2) is 17.4. The Balaban J connectivity index is 1.51. The van der Waals surface area contributed by atoms with Gasteiger partial charge in [0.1, 0.15) is 41.4 Å². The Hall–Kier alpha value is -4.70. The fraction of sp³-hybridized carbons (Fsp3) is 0.583. The average molecular weight is 889 g/mol. The van der Waals surface area contributed by atoms with Crippen LogP contribution in [0.3, 0.4) is 0 Å². The third-order valence-corrected chi connectivity index (χ3v) is 19.8. The van der Waals surface area contributed by atoms with Crippen LogP contribution in [0.5, 0.6) is 5.75 Å². The molecule has 0 aromatic heterocycles. The van der Waals surface area contributed by atoms with Crippen LogP contribution >= 0.6 is 0 Å². The lowest BCUT2D eigenvalue weighted by Crippen LogP contribution is -2.82. The Bertz CT molecular complexity index is 2140. The van der Waals surface area contributed by atoms with Crippen molar-refractivity contribution in [1.29, 1.82) is 0 Å². The van der Waals surface area contributed by atoms with Gasteiger partial charge in [-0.15, -0.1) is 0 Å². The number of para-hydroxylation sites is 1. The van der Waals surface area contributed by atoms with Gasteiger partial charge in [-0.25, -0.2) is 9.59 Å². The van der Waals surface area contributed by atoms with Crippen LogP contribution in [0.15, 0.2) is 71.8 Å². The summed E-state index contributed by atoms with van der Waals surface area (Å²) in [5, 5.41) is 14.0. The van der Waals surface area contributed by atoms with Gasteiger partial charge in [0.2, 0.25) is 0 Å². The molecule has 2 aromatic carbocycles. The number of hydrogen-bond acceptors (Lipinski definition) is 14. The highest BCUT2D eigenvalue weighted by molar-refractivity contribution is 6.73. The van der Waals surface area contributed by atoms with Crippen molar-refractivity contribution >= 4 is 43.9 Å². The summed E-state index contributed by atoms with van der Waals surface area (Å²) in [4.78, 5) is 85.2. The minimum Gasteiger partial charge on any atom is -0.457 e. The molecule has 3 saturated carbocycles. The summed E-state index contributed by atoms with van der Waals surface area (Å²) in [5.74, 6) is -5.59. The maximum atomic E-state index is 16.4. The van der Waals surface area contributed by atoms with E-state index < -0.39 is 103 Å². The van der Waals surface area contributed by atoms with E-state index in [1.165, 1.54) is 6.92 Å². The number of rotatable bonds is 12. The van der Waals surface area contributed by atoms with E-state index in [0.717, 1.165) is 0 Å². The predicted octanol–water partition coefficient (Wildman–Crippen LogP) is 7.25. The Morgan fingerprint density at radius 2 is 1.52 bits per heavy atom. The molecule has 1 saturated heterocycles. The Morgan fingerprint density at radius 3 is 2.08 bits per heavy atom. The molecule has 1 aliphatic heterocycles. The van der Waals surface area contributed by atoms with E-state index in [1.807, 2.05) is 20.8 Å². The van der Waals surface area contributed by atoms with Crippen LogP contribution in [0.1, 0.15) is 97.9 Å². The van der Waals surface area contributed by atoms with E-state index in [1.54, 1.807) is 88.4 Å². The van der Waals surface area contributed by atoms with E-state index in [-0.39, 0.29) is 55.0 Å².